The standard InChI is InChI=1S/C54H99NO5/c1-3-5-7-9-11-13-15-17-18-19-20-24-28-32-36-40-44-48-54(59)60-49-45-41-37-33-29-25-21-23-27-31-35-39-43-47-53(58)55-51(50-56)52(57)46-42-38-34-30-26-22-16-14-12-10-8-6-4-2/h11,13,17-18,23,27,42,46,51-52,56-57H,3-10,12,14-16,19-22,24-26,28-41,43-45,47-50H2,1-2H3,(H,55,58)/b13-11-,18-17-,27-23-,46-42+. The lowest BCUT2D eigenvalue weighted by Crippen LogP contribution is -2.45. The average Bonchev–Trinajstić information content (AvgIpc) is 3.25. The van der Waals surface area contributed by atoms with Gasteiger partial charge in [0.25, 0.3) is 0 Å². The molecule has 0 aromatic rings. The smallest absolute Gasteiger partial charge is 0.305 e. The van der Waals surface area contributed by atoms with Gasteiger partial charge in [-0.2, -0.15) is 0 Å². The first kappa shape index (κ1) is 57.8. The Balaban J connectivity index is 3.53. The number of carbonyl (C=O) groups is 2. The molecule has 1 amide bonds. The summed E-state index contributed by atoms with van der Waals surface area (Å²) in [5.74, 6) is -0.123. The fraction of sp³-hybridized carbons (Fsp3) is 0.815. The Morgan fingerprint density at radius 1 is 0.467 bits per heavy atom. The number of rotatable bonds is 47. The third kappa shape index (κ3) is 45.3. The summed E-state index contributed by atoms with van der Waals surface area (Å²) in [7, 11) is 0. The molecule has 0 aliphatic rings. The second-order valence-electron chi connectivity index (χ2n) is 17.5. The highest BCUT2D eigenvalue weighted by Crippen LogP contribution is 2.14. The molecule has 0 radical (unpaired) electrons. The van der Waals surface area contributed by atoms with Gasteiger partial charge in [-0.15, -0.1) is 0 Å². The van der Waals surface area contributed by atoms with Gasteiger partial charge in [-0.25, -0.2) is 0 Å². The van der Waals surface area contributed by atoms with Gasteiger partial charge in [0.2, 0.25) is 5.91 Å². The van der Waals surface area contributed by atoms with E-state index in [0.717, 1.165) is 77.0 Å². The number of aliphatic hydroxyl groups is 2. The molecule has 0 aromatic carbocycles. The molecule has 0 saturated heterocycles. The minimum Gasteiger partial charge on any atom is -0.466 e. The molecule has 0 fully saturated rings. The van der Waals surface area contributed by atoms with Crippen LogP contribution in [0.15, 0.2) is 48.6 Å². The van der Waals surface area contributed by atoms with E-state index in [2.05, 4.69) is 55.6 Å². The van der Waals surface area contributed by atoms with Gasteiger partial charge in [-0.3, -0.25) is 9.59 Å². The summed E-state index contributed by atoms with van der Waals surface area (Å²) in [6.45, 7) is 4.81. The molecule has 0 heterocycles. The van der Waals surface area contributed by atoms with E-state index in [0.29, 0.717) is 19.4 Å². The lowest BCUT2D eigenvalue weighted by Gasteiger charge is -2.19. The van der Waals surface area contributed by atoms with Crippen molar-refractivity contribution in [2.75, 3.05) is 13.2 Å². The van der Waals surface area contributed by atoms with Crippen LogP contribution in [0.25, 0.3) is 0 Å². The molecule has 0 saturated carbocycles. The van der Waals surface area contributed by atoms with E-state index < -0.39 is 12.1 Å². The summed E-state index contributed by atoms with van der Waals surface area (Å²) in [4.78, 5) is 24.4. The lowest BCUT2D eigenvalue weighted by molar-refractivity contribution is -0.143. The molecule has 350 valence electrons. The van der Waals surface area contributed by atoms with E-state index in [9.17, 15) is 19.8 Å². The zero-order chi connectivity index (χ0) is 43.7. The molecule has 0 aliphatic heterocycles. The van der Waals surface area contributed by atoms with Crippen molar-refractivity contribution in [3.8, 4) is 0 Å². The number of nitrogens with one attached hydrogen (secondary N) is 1. The lowest BCUT2D eigenvalue weighted by atomic mass is 10.0. The monoisotopic (exact) mass is 842 g/mol. The summed E-state index contributed by atoms with van der Waals surface area (Å²) in [6.07, 6.45) is 61.1. The van der Waals surface area contributed by atoms with Crippen LogP contribution in [0.3, 0.4) is 0 Å². The van der Waals surface area contributed by atoms with E-state index in [1.165, 1.54) is 154 Å². The van der Waals surface area contributed by atoms with Crippen LogP contribution in [0.1, 0.15) is 258 Å². The van der Waals surface area contributed by atoms with Crippen molar-refractivity contribution in [1.29, 1.82) is 0 Å². The number of hydrogen-bond acceptors (Lipinski definition) is 5. The molecule has 2 atom stereocenters. The number of allylic oxidation sites excluding steroid dienone is 7. The molecule has 3 N–H and O–H groups in total. The highest BCUT2D eigenvalue weighted by atomic mass is 16.5. The molecular weight excluding hydrogens is 743 g/mol. The largest absolute Gasteiger partial charge is 0.466 e. The fourth-order valence-corrected chi connectivity index (χ4v) is 7.54. The van der Waals surface area contributed by atoms with Crippen LogP contribution in [0.4, 0.5) is 0 Å². The Labute approximate surface area is 372 Å². The Hall–Kier alpha value is -2.18. The van der Waals surface area contributed by atoms with Crippen LogP contribution < -0.4 is 5.32 Å². The van der Waals surface area contributed by atoms with Crippen molar-refractivity contribution >= 4 is 11.9 Å². The first-order valence-corrected chi connectivity index (χ1v) is 25.9. The number of esters is 1. The zero-order valence-electron chi connectivity index (χ0n) is 39.7. The number of hydrogen-bond donors (Lipinski definition) is 3. The van der Waals surface area contributed by atoms with Gasteiger partial charge in [0, 0.05) is 12.8 Å². The summed E-state index contributed by atoms with van der Waals surface area (Å²) in [6, 6.07) is -0.648. The summed E-state index contributed by atoms with van der Waals surface area (Å²) < 4.78 is 5.46. The van der Waals surface area contributed by atoms with E-state index in [-0.39, 0.29) is 18.5 Å². The second-order valence-corrected chi connectivity index (χ2v) is 17.5. The molecule has 6 nitrogen and oxygen atoms in total. The number of aliphatic hydroxyl groups excluding tert-OH is 2. The highest BCUT2D eigenvalue weighted by Gasteiger charge is 2.18. The van der Waals surface area contributed by atoms with Gasteiger partial charge in [0.05, 0.1) is 25.4 Å². The molecule has 0 spiro atoms. The van der Waals surface area contributed by atoms with E-state index in [1.807, 2.05) is 6.08 Å². The predicted molar refractivity (Wildman–Crippen MR) is 259 cm³/mol. The summed E-state index contributed by atoms with van der Waals surface area (Å²) >= 11 is 0. The molecule has 0 aliphatic carbocycles. The van der Waals surface area contributed by atoms with Gasteiger partial charge in [0.1, 0.15) is 0 Å². The second kappa shape index (κ2) is 49.5. The van der Waals surface area contributed by atoms with Crippen molar-refractivity contribution in [2.45, 2.75) is 270 Å². The third-order valence-electron chi connectivity index (χ3n) is 11.6. The number of ether oxygens (including phenoxy) is 1. The maximum atomic E-state index is 12.4. The minimum atomic E-state index is -0.862. The first-order valence-electron chi connectivity index (χ1n) is 25.9. The van der Waals surface area contributed by atoms with Crippen molar-refractivity contribution in [3.63, 3.8) is 0 Å². The van der Waals surface area contributed by atoms with E-state index >= 15 is 0 Å². The van der Waals surface area contributed by atoms with Crippen molar-refractivity contribution in [1.82, 2.24) is 5.32 Å². The van der Waals surface area contributed by atoms with E-state index in [4.69, 9.17) is 4.74 Å². The topological polar surface area (TPSA) is 95.9 Å². The normalized spacial score (nSPS) is 13.1. The maximum absolute atomic E-state index is 12.4. The summed E-state index contributed by atoms with van der Waals surface area (Å²) in [5.41, 5.74) is 0. The highest BCUT2D eigenvalue weighted by molar-refractivity contribution is 5.76. The van der Waals surface area contributed by atoms with Gasteiger partial charge in [-0.1, -0.05) is 204 Å². The van der Waals surface area contributed by atoms with Crippen LogP contribution in [-0.4, -0.2) is 47.4 Å². The molecule has 60 heavy (non-hydrogen) atoms. The molecule has 0 rings (SSSR count). The van der Waals surface area contributed by atoms with Crippen molar-refractivity contribution in [3.05, 3.63) is 48.6 Å². The Bertz CT molecular complexity index is 1020. The molecule has 0 bridgehead atoms. The van der Waals surface area contributed by atoms with Crippen LogP contribution in [0.5, 0.6) is 0 Å². The SMILES string of the molecule is CCCCC/C=C\C/C=C\CCCCCCCCCC(=O)OCCCCCCCC/C=C\CCCCCC(=O)NC(CO)C(O)/C=C/CCCCCCCCCCCCC. The molecule has 0 aromatic heterocycles. The quantitative estimate of drug-likeness (QED) is 0.0322. The van der Waals surface area contributed by atoms with Crippen LogP contribution in [0, 0.1) is 0 Å². The predicted octanol–water partition coefficient (Wildman–Crippen LogP) is 15.5. The number of unbranched alkanes of at least 4 members (excludes halogenated alkanes) is 30. The molecular formula is C54H99NO5. The van der Waals surface area contributed by atoms with Crippen molar-refractivity contribution in [2.24, 2.45) is 0 Å². The zero-order valence-corrected chi connectivity index (χ0v) is 39.7. The summed E-state index contributed by atoms with van der Waals surface area (Å²) in [5, 5.41) is 23.0. The Kier molecular flexibility index (Phi) is 47.7. The molecule has 2 unspecified atom stereocenters. The Morgan fingerprint density at radius 2 is 0.833 bits per heavy atom. The first-order chi connectivity index (χ1) is 29.5. The van der Waals surface area contributed by atoms with Gasteiger partial charge in [-0.05, 0) is 89.9 Å². The minimum absolute atomic E-state index is 0.0228. The third-order valence-corrected chi connectivity index (χ3v) is 11.6. The van der Waals surface area contributed by atoms with Gasteiger partial charge in [0.15, 0.2) is 0 Å². The van der Waals surface area contributed by atoms with Gasteiger partial charge < -0.3 is 20.3 Å². The molecule has 6 heteroatoms. The van der Waals surface area contributed by atoms with Crippen LogP contribution in [0.2, 0.25) is 0 Å². The van der Waals surface area contributed by atoms with Crippen LogP contribution in [-0.2, 0) is 14.3 Å². The van der Waals surface area contributed by atoms with E-state index in [1.54, 1.807) is 6.08 Å². The van der Waals surface area contributed by atoms with Gasteiger partial charge >= 0.3 is 5.97 Å². The van der Waals surface area contributed by atoms with Crippen LogP contribution >= 0.6 is 0 Å². The Morgan fingerprint density at radius 3 is 1.33 bits per heavy atom. The van der Waals surface area contributed by atoms with Crippen molar-refractivity contribution < 1.29 is 24.5 Å². The number of amides is 1. The number of carbonyl (C=O) groups excluding carboxylic acids is 2. The maximum Gasteiger partial charge on any atom is 0.305 e. The fourth-order valence-electron chi connectivity index (χ4n) is 7.54. The average molecular weight is 842 g/mol.